The molecule has 128 valence electrons. The molecule has 0 radical (unpaired) electrons. The predicted molar refractivity (Wildman–Crippen MR) is 101 cm³/mol. The van der Waals surface area contributed by atoms with Gasteiger partial charge in [0, 0.05) is 4.47 Å². The largest absolute Gasteiger partial charge is 0.323 e. The first kappa shape index (κ1) is 18.5. The van der Waals surface area contributed by atoms with Crippen LogP contribution in [0.25, 0.3) is 0 Å². The van der Waals surface area contributed by atoms with Crippen LogP contribution in [0.3, 0.4) is 0 Å². The van der Waals surface area contributed by atoms with Gasteiger partial charge in [-0.05, 0) is 46.1 Å². The van der Waals surface area contributed by atoms with Crippen molar-refractivity contribution in [3.8, 4) is 0 Å². The first-order valence-corrected chi connectivity index (χ1v) is 10.1. The normalized spacial score (nSPS) is 11.1. The van der Waals surface area contributed by atoms with Crippen molar-refractivity contribution in [2.45, 2.75) is 13.3 Å². The zero-order valence-electron chi connectivity index (χ0n) is 13.5. The fraction of sp³-hybridized carbons (Fsp3) is 0.235. The summed E-state index contributed by atoms with van der Waals surface area (Å²) in [5.74, 6) is -0.404. The molecule has 0 fully saturated rings. The van der Waals surface area contributed by atoms with Crippen molar-refractivity contribution in [1.82, 2.24) is 0 Å². The number of hydrogen-bond donors (Lipinski definition) is 1. The Bertz CT molecular complexity index is 837. The number of nitrogens with zero attached hydrogens (tertiary/aromatic N) is 1. The maximum absolute atomic E-state index is 12.4. The van der Waals surface area contributed by atoms with Crippen molar-refractivity contribution < 1.29 is 13.2 Å². The molecule has 0 aliphatic heterocycles. The van der Waals surface area contributed by atoms with Crippen LogP contribution < -0.4 is 9.62 Å². The van der Waals surface area contributed by atoms with Gasteiger partial charge in [-0.3, -0.25) is 9.10 Å². The number of carbonyl (C=O) groups is 1. The standard InChI is InChI=1S/C17H19BrN2O3S/c1-3-13-8-4-7-11-16(13)20(24(2,22)23)12-17(21)19-15-10-6-5-9-14(15)18/h4-11H,3,12H2,1-2H3,(H,19,21). The van der Waals surface area contributed by atoms with E-state index >= 15 is 0 Å². The average molecular weight is 411 g/mol. The van der Waals surface area contributed by atoms with E-state index in [1.165, 1.54) is 0 Å². The van der Waals surface area contributed by atoms with Gasteiger partial charge >= 0.3 is 0 Å². The minimum Gasteiger partial charge on any atom is -0.323 e. The van der Waals surface area contributed by atoms with Crippen LogP contribution in [0, 0.1) is 0 Å². The van der Waals surface area contributed by atoms with Gasteiger partial charge in [-0.15, -0.1) is 0 Å². The van der Waals surface area contributed by atoms with E-state index in [0.29, 0.717) is 17.8 Å². The summed E-state index contributed by atoms with van der Waals surface area (Å²) in [5, 5.41) is 2.73. The van der Waals surface area contributed by atoms with E-state index in [1.54, 1.807) is 30.3 Å². The molecule has 0 bridgehead atoms. The lowest BCUT2D eigenvalue weighted by molar-refractivity contribution is -0.114. The highest BCUT2D eigenvalue weighted by Gasteiger charge is 2.22. The molecule has 0 aliphatic rings. The summed E-state index contributed by atoms with van der Waals surface area (Å²) >= 11 is 3.35. The number of nitrogens with one attached hydrogen (secondary N) is 1. The summed E-state index contributed by atoms with van der Waals surface area (Å²) in [7, 11) is -3.59. The molecule has 1 N–H and O–H groups in total. The molecule has 0 spiro atoms. The molecular weight excluding hydrogens is 392 g/mol. The van der Waals surface area contributed by atoms with Gasteiger partial charge in [0.1, 0.15) is 6.54 Å². The van der Waals surface area contributed by atoms with Crippen molar-refractivity contribution in [1.29, 1.82) is 0 Å². The summed E-state index contributed by atoms with van der Waals surface area (Å²) in [4.78, 5) is 12.4. The lowest BCUT2D eigenvalue weighted by atomic mass is 10.1. The number of hydrogen-bond acceptors (Lipinski definition) is 3. The van der Waals surface area contributed by atoms with Gasteiger partial charge in [-0.1, -0.05) is 37.3 Å². The van der Waals surface area contributed by atoms with E-state index in [1.807, 2.05) is 25.1 Å². The molecule has 5 nitrogen and oxygen atoms in total. The minimum absolute atomic E-state index is 0.281. The Morgan fingerprint density at radius 3 is 2.38 bits per heavy atom. The SMILES string of the molecule is CCc1ccccc1N(CC(=O)Nc1ccccc1Br)S(C)(=O)=O. The highest BCUT2D eigenvalue weighted by atomic mass is 79.9. The smallest absolute Gasteiger partial charge is 0.245 e. The molecule has 2 aromatic carbocycles. The number of benzene rings is 2. The van der Waals surface area contributed by atoms with Gasteiger partial charge < -0.3 is 5.32 Å². The molecule has 0 aromatic heterocycles. The monoisotopic (exact) mass is 410 g/mol. The van der Waals surface area contributed by atoms with Crippen molar-refractivity contribution in [3.05, 3.63) is 58.6 Å². The molecule has 0 heterocycles. The molecule has 24 heavy (non-hydrogen) atoms. The number of amides is 1. The third-order valence-electron chi connectivity index (χ3n) is 3.48. The van der Waals surface area contributed by atoms with Gasteiger partial charge in [-0.25, -0.2) is 8.42 Å². The Balaban J connectivity index is 2.27. The molecule has 1 amide bonds. The van der Waals surface area contributed by atoms with Gasteiger partial charge in [-0.2, -0.15) is 0 Å². The Kier molecular flexibility index (Phi) is 6.01. The first-order valence-electron chi connectivity index (χ1n) is 7.43. The van der Waals surface area contributed by atoms with E-state index < -0.39 is 15.9 Å². The summed E-state index contributed by atoms with van der Waals surface area (Å²) < 4.78 is 26.3. The maximum atomic E-state index is 12.4. The van der Waals surface area contributed by atoms with Crippen molar-refractivity contribution in [2.24, 2.45) is 0 Å². The highest BCUT2D eigenvalue weighted by Crippen LogP contribution is 2.24. The second-order valence-electron chi connectivity index (χ2n) is 5.28. The Labute approximate surface area is 150 Å². The minimum atomic E-state index is -3.59. The quantitative estimate of drug-likeness (QED) is 0.792. The second kappa shape index (κ2) is 7.81. The fourth-order valence-corrected chi connectivity index (χ4v) is 3.59. The maximum Gasteiger partial charge on any atom is 0.245 e. The number of aryl methyl sites for hydroxylation is 1. The number of anilines is 2. The first-order chi connectivity index (χ1) is 11.3. The van der Waals surface area contributed by atoms with E-state index in [2.05, 4.69) is 21.2 Å². The molecule has 2 aromatic rings. The number of carbonyl (C=O) groups excluding carboxylic acids is 1. The summed E-state index contributed by atoms with van der Waals surface area (Å²) in [6, 6.07) is 14.4. The number of halogens is 1. The third kappa shape index (κ3) is 4.58. The van der Waals surface area contributed by atoms with E-state index in [9.17, 15) is 13.2 Å². The molecule has 0 saturated carbocycles. The summed E-state index contributed by atoms with van der Waals surface area (Å²) in [6.45, 7) is 1.66. The van der Waals surface area contributed by atoms with Crippen molar-refractivity contribution in [3.63, 3.8) is 0 Å². The van der Waals surface area contributed by atoms with E-state index in [0.717, 1.165) is 20.6 Å². The third-order valence-corrected chi connectivity index (χ3v) is 5.29. The van der Waals surface area contributed by atoms with E-state index in [4.69, 9.17) is 0 Å². The Hall–Kier alpha value is -1.86. The van der Waals surface area contributed by atoms with Gasteiger partial charge in [0.05, 0.1) is 17.6 Å². The lowest BCUT2D eigenvalue weighted by Crippen LogP contribution is -2.38. The number of rotatable bonds is 6. The predicted octanol–water partition coefficient (Wildman–Crippen LogP) is 3.42. The van der Waals surface area contributed by atoms with Gasteiger partial charge in [0.2, 0.25) is 15.9 Å². The van der Waals surface area contributed by atoms with Crippen LogP contribution in [0.15, 0.2) is 53.0 Å². The van der Waals surface area contributed by atoms with Crippen LogP contribution in [0.5, 0.6) is 0 Å². The van der Waals surface area contributed by atoms with Crippen LogP contribution in [-0.4, -0.2) is 27.1 Å². The van der Waals surface area contributed by atoms with Gasteiger partial charge in [0.25, 0.3) is 0 Å². The second-order valence-corrected chi connectivity index (χ2v) is 8.04. The molecule has 7 heteroatoms. The van der Waals surface area contributed by atoms with Crippen LogP contribution in [0.1, 0.15) is 12.5 Å². The van der Waals surface area contributed by atoms with Crippen molar-refractivity contribution >= 4 is 43.2 Å². The molecule has 0 aliphatic carbocycles. The highest BCUT2D eigenvalue weighted by molar-refractivity contribution is 9.10. The Morgan fingerprint density at radius 2 is 1.75 bits per heavy atom. The van der Waals surface area contributed by atoms with Crippen molar-refractivity contribution in [2.75, 3.05) is 22.4 Å². The van der Waals surface area contributed by atoms with Crippen LogP contribution in [0.4, 0.5) is 11.4 Å². The van der Waals surface area contributed by atoms with Gasteiger partial charge in [0.15, 0.2) is 0 Å². The molecule has 2 rings (SSSR count). The molecule has 0 atom stereocenters. The topological polar surface area (TPSA) is 66.5 Å². The Morgan fingerprint density at radius 1 is 1.12 bits per heavy atom. The zero-order chi connectivity index (χ0) is 17.7. The average Bonchev–Trinajstić information content (AvgIpc) is 2.54. The summed E-state index contributed by atoms with van der Waals surface area (Å²) in [5.41, 5.74) is 2.00. The molecule has 0 saturated heterocycles. The van der Waals surface area contributed by atoms with Crippen LogP contribution in [0.2, 0.25) is 0 Å². The zero-order valence-corrected chi connectivity index (χ0v) is 15.9. The molecular formula is C17H19BrN2O3S. The van der Waals surface area contributed by atoms with E-state index in [-0.39, 0.29) is 6.54 Å². The lowest BCUT2D eigenvalue weighted by Gasteiger charge is -2.24. The number of para-hydroxylation sites is 2. The van der Waals surface area contributed by atoms with Crippen LogP contribution >= 0.6 is 15.9 Å². The number of sulfonamides is 1. The summed E-state index contributed by atoms with van der Waals surface area (Å²) in [6.07, 6.45) is 1.78. The van der Waals surface area contributed by atoms with Crippen LogP contribution in [-0.2, 0) is 21.2 Å². The molecule has 0 unspecified atom stereocenters. The fourth-order valence-electron chi connectivity index (χ4n) is 2.32.